The van der Waals surface area contributed by atoms with E-state index in [0.717, 1.165) is 19.3 Å². The second-order valence-electron chi connectivity index (χ2n) is 7.79. The molecule has 1 N–H and O–H groups in total. The maximum atomic E-state index is 14.1. The van der Waals surface area contributed by atoms with E-state index in [1.54, 1.807) is 28.8 Å². The summed E-state index contributed by atoms with van der Waals surface area (Å²) < 4.78 is 50.6. The molecule has 0 bridgehead atoms. The average molecular weight is 441 g/mol. The van der Waals surface area contributed by atoms with Crippen molar-refractivity contribution in [2.75, 3.05) is 12.4 Å². The lowest BCUT2D eigenvalue weighted by molar-refractivity contribution is 0.416. The van der Waals surface area contributed by atoms with Crippen molar-refractivity contribution >= 4 is 32.4 Å². The standard InChI is InChI=1S/C22H20FN3O4S/c1-30-20-15-12-14(23)8-9-17(15)26(11-10-13-6-7-13)22(27)19(20)21-24-16-4-2-3-5-18(16)31(28,29)25-21/h2-5,8-9,12-13H,6-7,10-11H2,1H3,(H,24,25). The number of methoxy groups -OCH3 is 1. The molecule has 1 aromatic heterocycles. The van der Waals surface area contributed by atoms with Crippen molar-refractivity contribution in [1.82, 2.24) is 4.57 Å². The van der Waals surface area contributed by atoms with Crippen molar-refractivity contribution < 1.29 is 17.5 Å². The number of pyridine rings is 1. The van der Waals surface area contributed by atoms with Crippen LogP contribution in [-0.2, 0) is 16.6 Å². The van der Waals surface area contributed by atoms with Gasteiger partial charge in [0.15, 0.2) is 5.84 Å². The molecule has 1 aliphatic heterocycles. The van der Waals surface area contributed by atoms with Gasteiger partial charge in [0.2, 0.25) is 0 Å². The van der Waals surface area contributed by atoms with Gasteiger partial charge in [-0.15, -0.1) is 4.40 Å². The van der Waals surface area contributed by atoms with Crippen LogP contribution >= 0.6 is 0 Å². The third kappa shape index (κ3) is 3.38. The Kier molecular flexibility index (Phi) is 4.58. The number of amidine groups is 1. The van der Waals surface area contributed by atoms with Gasteiger partial charge in [-0.05, 0) is 42.7 Å². The first kappa shape index (κ1) is 19.7. The lowest BCUT2D eigenvalue weighted by Crippen LogP contribution is -2.33. The van der Waals surface area contributed by atoms with E-state index in [4.69, 9.17) is 4.74 Å². The summed E-state index contributed by atoms with van der Waals surface area (Å²) in [4.78, 5) is 13.6. The number of sulfonamides is 1. The van der Waals surface area contributed by atoms with Crippen LogP contribution in [0.25, 0.3) is 10.9 Å². The molecule has 0 saturated heterocycles. The van der Waals surface area contributed by atoms with Crippen LogP contribution in [0.3, 0.4) is 0 Å². The highest BCUT2D eigenvalue weighted by Gasteiger charge is 2.30. The summed E-state index contributed by atoms with van der Waals surface area (Å²) in [6, 6.07) is 10.5. The smallest absolute Gasteiger partial charge is 0.286 e. The third-order valence-electron chi connectivity index (χ3n) is 5.71. The summed E-state index contributed by atoms with van der Waals surface area (Å²) in [5, 5.41) is 3.33. The van der Waals surface area contributed by atoms with E-state index in [-0.39, 0.29) is 22.0 Å². The van der Waals surface area contributed by atoms with E-state index in [1.807, 2.05) is 0 Å². The third-order valence-corrected chi connectivity index (χ3v) is 7.04. The van der Waals surface area contributed by atoms with E-state index >= 15 is 0 Å². The Labute approximate surface area is 178 Å². The van der Waals surface area contributed by atoms with Crippen LogP contribution in [0.5, 0.6) is 5.75 Å². The maximum absolute atomic E-state index is 14.1. The first-order chi connectivity index (χ1) is 14.9. The number of ether oxygens (including phenoxy) is 1. The summed E-state index contributed by atoms with van der Waals surface area (Å²) in [6.07, 6.45) is 3.08. The summed E-state index contributed by atoms with van der Waals surface area (Å²) in [5.74, 6) is 0.0425. The Balaban J connectivity index is 1.78. The van der Waals surface area contributed by atoms with Crippen LogP contribution < -0.4 is 15.6 Å². The molecule has 160 valence electrons. The van der Waals surface area contributed by atoms with Crippen molar-refractivity contribution in [2.45, 2.75) is 30.7 Å². The number of nitrogens with one attached hydrogen (secondary N) is 1. The van der Waals surface area contributed by atoms with E-state index in [1.165, 1.54) is 25.3 Å². The van der Waals surface area contributed by atoms with E-state index in [0.29, 0.717) is 29.1 Å². The minimum atomic E-state index is -4.02. The van der Waals surface area contributed by atoms with Gasteiger partial charge in [-0.2, -0.15) is 8.42 Å². The Bertz CT molecular complexity index is 1410. The van der Waals surface area contributed by atoms with Crippen LogP contribution in [0, 0.1) is 11.7 Å². The van der Waals surface area contributed by atoms with Crippen LogP contribution in [0.2, 0.25) is 0 Å². The Morgan fingerprint density at radius 1 is 1.23 bits per heavy atom. The zero-order valence-electron chi connectivity index (χ0n) is 16.8. The number of anilines is 1. The SMILES string of the molecule is COc1c(C2=NS(=O)(=O)c3ccccc3N2)c(=O)n(CCC2CC2)c2ccc(F)cc12. The Morgan fingerprint density at radius 3 is 2.74 bits per heavy atom. The number of nitrogens with zero attached hydrogens (tertiary/aromatic N) is 2. The van der Waals surface area contributed by atoms with Crippen LogP contribution in [0.1, 0.15) is 24.8 Å². The van der Waals surface area contributed by atoms with Gasteiger partial charge < -0.3 is 14.6 Å². The molecule has 0 atom stereocenters. The number of fused-ring (bicyclic) bond motifs is 2. The molecule has 2 heterocycles. The fourth-order valence-electron chi connectivity index (χ4n) is 3.99. The summed E-state index contributed by atoms with van der Waals surface area (Å²) >= 11 is 0. The number of aromatic nitrogens is 1. The normalized spacial score (nSPS) is 17.0. The highest BCUT2D eigenvalue weighted by atomic mass is 32.2. The molecular weight excluding hydrogens is 421 g/mol. The van der Waals surface area contributed by atoms with Crippen molar-refractivity contribution in [3.63, 3.8) is 0 Å². The molecule has 0 radical (unpaired) electrons. The number of hydrogen-bond acceptors (Lipinski definition) is 5. The number of benzene rings is 2. The predicted molar refractivity (Wildman–Crippen MR) is 116 cm³/mol. The quantitative estimate of drug-likeness (QED) is 0.655. The zero-order valence-corrected chi connectivity index (χ0v) is 17.6. The number of hydrogen-bond donors (Lipinski definition) is 1. The van der Waals surface area contributed by atoms with Gasteiger partial charge >= 0.3 is 0 Å². The molecule has 2 aliphatic rings. The van der Waals surface area contributed by atoms with E-state index in [9.17, 15) is 17.6 Å². The van der Waals surface area contributed by atoms with Gasteiger partial charge in [-0.3, -0.25) is 4.79 Å². The number of para-hydroxylation sites is 1. The zero-order chi connectivity index (χ0) is 21.8. The summed E-state index contributed by atoms with van der Waals surface area (Å²) in [7, 11) is -2.66. The fourth-order valence-corrected chi connectivity index (χ4v) is 5.11. The number of rotatable bonds is 5. The molecule has 1 saturated carbocycles. The summed E-state index contributed by atoms with van der Waals surface area (Å²) in [5.41, 5.74) is 0.386. The molecular formula is C22H20FN3O4S. The Hall–Kier alpha value is -3.20. The minimum Gasteiger partial charge on any atom is -0.495 e. The number of aryl methyl sites for hydroxylation is 1. The molecule has 0 spiro atoms. The lowest BCUT2D eigenvalue weighted by Gasteiger charge is -2.21. The van der Waals surface area contributed by atoms with Gasteiger partial charge in [0.1, 0.15) is 22.0 Å². The van der Waals surface area contributed by atoms with Gasteiger partial charge in [-0.1, -0.05) is 25.0 Å². The number of halogens is 1. The second kappa shape index (κ2) is 7.19. The van der Waals surface area contributed by atoms with Crippen LogP contribution in [0.15, 0.2) is 56.6 Å². The molecule has 7 nitrogen and oxygen atoms in total. The largest absolute Gasteiger partial charge is 0.495 e. The van der Waals surface area contributed by atoms with Crippen molar-refractivity contribution in [3.8, 4) is 5.75 Å². The molecule has 5 rings (SSSR count). The van der Waals surface area contributed by atoms with Crippen molar-refractivity contribution in [2.24, 2.45) is 10.3 Å². The predicted octanol–water partition coefficient (Wildman–Crippen LogP) is 3.51. The monoisotopic (exact) mass is 441 g/mol. The van der Waals surface area contributed by atoms with Crippen LogP contribution in [0.4, 0.5) is 10.1 Å². The molecule has 1 fully saturated rings. The second-order valence-corrected chi connectivity index (χ2v) is 9.37. The fraction of sp³-hybridized carbons (Fsp3) is 0.273. The van der Waals surface area contributed by atoms with E-state index < -0.39 is 21.4 Å². The minimum absolute atomic E-state index is 0.0265. The van der Waals surface area contributed by atoms with E-state index in [2.05, 4.69) is 9.71 Å². The molecule has 9 heteroatoms. The summed E-state index contributed by atoms with van der Waals surface area (Å²) in [6.45, 7) is 0.444. The van der Waals surface area contributed by atoms with Gasteiger partial charge in [0, 0.05) is 11.9 Å². The average Bonchev–Trinajstić information content (AvgIpc) is 3.56. The topological polar surface area (TPSA) is 89.8 Å². The first-order valence-corrected chi connectivity index (χ1v) is 11.4. The lowest BCUT2D eigenvalue weighted by atomic mass is 10.1. The Morgan fingerprint density at radius 2 is 2.00 bits per heavy atom. The highest BCUT2D eigenvalue weighted by molar-refractivity contribution is 7.90. The first-order valence-electron chi connectivity index (χ1n) is 10.0. The molecule has 3 aromatic rings. The molecule has 2 aromatic carbocycles. The van der Waals surface area contributed by atoms with Gasteiger partial charge in [0.25, 0.3) is 15.6 Å². The molecule has 31 heavy (non-hydrogen) atoms. The van der Waals surface area contributed by atoms with Crippen molar-refractivity contribution in [1.29, 1.82) is 0 Å². The highest BCUT2D eigenvalue weighted by Crippen LogP contribution is 2.35. The van der Waals surface area contributed by atoms with Crippen LogP contribution in [-0.4, -0.2) is 25.9 Å². The maximum Gasteiger partial charge on any atom is 0.286 e. The van der Waals surface area contributed by atoms with Gasteiger partial charge in [0.05, 0.1) is 18.3 Å². The molecule has 0 amide bonds. The molecule has 1 aliphatic carbocycles. The van der Waals surface area contributed by atoms with Gasteiger partial charge in [-0.25, -0.2) is 4.39 Å². The van der Waals surface area contributed by atoms with Crippen molar-refractivity contribution in [3.05, 3.63) is 64.2 Å². The molecule has 0 unspecified atom stereocenters.